The zero-order chi connectivity index (χ0) is 13.9. The summed E-state index contributed by atoms with van der Waals surface area (Å²) < 4.78 is 27.2. The fourth-order valence-corrected chi connectivity index (χ4v) is 4.02. The number of fused-ring (bicyclic) bond motifs is 1. The van der Waals surface area contributed by atoms with E-state index in [-0.39, 0.29) is 6.04 Å². The normalized spacial score (nSPS) is 15.9. The van der Waals surface area contributed by atoms with E-state index in [1.54, 1.807) is 23.9 Å². The zero-order valence-corrected chi connectivity index (χ0v) is 12.9. The second-order valence-electron chi connectivity index (χ2n) is 4.80. The van der Waals surface area contributed by atoms with Gasteiger partial charge in [-0.2, -0.15) is 11.8 Å². The number of benzene rings is 1. The van der Waals surface area contributed by atoms with Gasteiger partial charge in [-0.05, 0) is 49.5 Å². The first-order chi connectivity index (χ1) is 9.03. The van der Waals surface area contributed by atoms with Crippen molar-refractivity contribution in [3.63, 3.8) is 0 Å². The Kier molecular flexibility index (Phi) is 4.76. The number of rotatable bonds is 6. The highest BCUT2D eigenvalue weighted by molar-refractivity contribution is 7.98. The van der Waals surface area contributed by atoms with Gasteiger partial charge >= 0.3 is 0 Å². The number of sulfonamides is 1. The third-order valence-electron chi connectivity index (χ3n) is 3.21. The molecule has 2 N–H and O–H groups in total. The summed E-state index contributed by atoms with van der Waals surface area (Å²) in [4.78, 5) is 0.344. The standard InChI is InChI=1S/C13H20N2O2S2/c1-10(6-8-18-2)15-19(16,17)12-4-3-11-5-7-14-13(11)9-12/h3-4,9-10,14-15H,5-8H2,1-2H3. The second kappa shape index (κ2) is 6.15. The van der Waals surface area contributed by atoms with E-state index in [9.17, 15) is 8.42 Å². The molecule has 1 aromatic carbocycles. The van der Waals surface area contributed by atoms with Crippen LogP contribution in [0.4, 0.5) is 5.69 Å². The molecule has 4 nitrogen and oxygen atoms in total. The van der Waals surface area contributed by atoms with Crippen LogP contribution in [-0.4, -0.2) is 33.0 Å². The summed E-state index contributed by atoms with van der Waals surface area (Å²) in [5.41, 5.74) is 2.13. The molecule has 1 heterocycles. The molecule has 106 valence electrons. The molecule has 1 atom stereocenters. The van der Waals surface area contributed by atoms with Crippen LogP contribution in [0.5, 0.6) is 0 Å². The first-order valence-corrected chi connectivity index (χ1v) is 9.28. The van der Waals surface area contributed by atoms with Gasteiger partial charge in [0.1, 0.15) is 0 Å². The fourth-order valence-electron chi connectivity index (χ4n) is 2.12. The lowest BCUT2D eigenvalue weighted by Crippen LogP contribution is -2.33. The van der Waals surface area contributed by atoms with Gasteiger partial charge in [0.05, 0.1) is 4.90 Å². The van der Waals surface area contributed by atoms with Gasteiger partial charge in [0.2, 0.25) is 10.0 Å². The van der Waals surface area contributed by atoms with Gasteiger partial charge in [-0.3, -0.25) is 0 Å². The molecule has 1 aliphatic rings. The van der Waals surface area contributed by atoms with Crippen LogP contribution in [0.15, 0.2) is 23.1 Å². The van der Waals surface area contributed by atoms with E-state index in [0.717, 1.165) is 30.8 Å². The van der Waals surface area contributed by atoms with Crippen molar-refractivity contribution in [1.82, 2.24) is 4.72 Å². The van der Waals surface area contributed by atoms with E-state index >= 15 is 0 Å². The van der Waals surface area contributed by atoms with Crippen molar-refractivity contribution in [2.24, 2.45) is 0 Å². The molecule has 0 fully saturated rings. The largest absolute Gasteiger partial charge is 0.384 e. The van der Waals surface area contributed by atoms with Gasteiger partial charge in [-0.1, -0.05) is 6.07 Å². The SMILES string of the molecule is CSCCC(C)NS(=O)(=O)c1ccc2c(c1)NCC2. The van der Waals surface area contributed by atoms with Crippen molar-refractivity contribution in [3.05, 3.63) is 23.8 Å². The average molecular weight is 300 g/mol. The minimum atomic E-state index is -3.41. The van der Waals surface area contributed by atoms with E-state index in [1.165, 1.54) is 5.56 Å². The lowest BCUT2D eigenvalue weighted by molar-refractivity contribution is 0.557. The summed E-state index contributed by atoms with van der Waals surface area (Å²) >= 11 is 1.72. The molecule has 1 unspecified atom stereocenters. The van der Waals surface area contributed by atoms with E-state index in [0.29, 0.717) is 4.90 Å². The maximum absolute atomic E-state index is 12.3. The highest BCUT2D eigenvalue weighted by atomic mass is 32.2. The Hall–Kier alpha value is -0.720. The molecule has 1 aromatic rings. The van der Waals surface area contributed by atoms with E-state index in [4.69, 9.17) is 0 Å². The molecule has 6 heteroatoms. The summed E-state index contributed by atoms with van der Waals surface area (Å²) in [6.07, 6.45) is 3.82. The number of hydrogen-bond acceptors (Lipinski definition) is 4. The smallest absolute Gasteiger partial charge is 0.240 e. The molecular weight excluding hydrogens is 280 g/mol. The van der Waals surface area contributed by atoms with Crippen LogP contribution in [0.3, 0.4) is 0 Å². The summed E-state index contributed by atoms with van der Waals surface area (Å²) in [6.45, 7) is 2.79. The van der Waals surface area contributed by atoms with Gasteiger partial charge < -0.3 is 5.32 Å². The quantitative estimate of drug-likeness (QED) is 0.844. The first kappa shape index (κ1) is 14.7. The molecule has 2 rings (SSSR count). The van der Waals surface area contributed by atoms with Crippen molar-refractivity contribution in [3.8, 4) is 0 Å². The summed E-state index contributed by atoms with van der Waals surface area (Å²) in [5.74, 6) is 0.954. The molecule has 0 saturated heterocycles. The predicted molar refractivity (Wildman–Crippen MR) is 81.4 cm³/mol. The number of hydrogen-bond donors (Lipinski definition) is 2. The van der Waals surface area contributed by atoms with Crippen LogP contribution >= 0.6 is 11.8 Å². The molecule has 0 aliphatic carbocycles. The monoisotopic (exact) mass is 300 g/mol. The van der Waals surface area contributed by atoms with Crippen molar-refractivity contribution in [2.75, 3.05) is 23.9 Å². The van der Waals surface area contributed by atoms with E-state index < -0.39 is 10.0 Å². The Labute approximate surface area is 119 Å². The number of nitrogens with one attached hydrogen (secondary N) is 2. The Morgan fingerprint density at radius 1 is 1.47 bits per heavy atom. The van der Waals surface area contributed by atoms with Crippen LogP contribution in [0, 0.1) is 0 Å². The molecule has 1 aliphatic heterocycles. The highest BCUT2D eigenvalue weighted by Crippen LogP contribution is 2.25. The maximum Gasteiger partial charge on any atom is 0.240 e. The first-order valence-electron chi connectivity index (χ1n) is 6.41. The van der Waals surface area contributed by atoms with Crippen molar-refractivity contribution in [1.29, 1.82) is 0 Å². The molecule has 0 radical (unpaired) electrons. The van der Waals surface area contributed by atoms with Crippen LogP contribution in [0.1, 0.15) is 18.9 Å². The van der Waals surface area contributed by atoms with Gasteiger partial charge in [-0.25, -0.2) is 13.1 Å². The Morgan fingerprint density at radius 3 is 3.00 bits per heavy atom. The number of anilines is 1. The number of thioether (sulfide) groups is 1. The van der Waals surface area contributed by atoms with Crippen LogP contribution < -0.4 is 10.0 Å². The summed E-state index contributed by atoms with van der Waals surface area (Å²) in [5, 5.41) is 3.20. The van der Waals surface area contributed by atoms with E-state index in [2.05, 4.69) is 10.0 Å². The fraction of sp³-hybridized carbons (Fsp3) is 0.538. The predicted octanol–water partition coefficient (Wildman–Crippen LogP) is 2.07. The van der Waals surface area contributed by atoms with Crippen molar-refractivity contribution >= 4 is 27.5 Å². The molecular formula is C13H20N2O2S2. The van der Waals surface area contributed by atoms with Crippen LogP contribution in [-0.2, 0) is 16.4 Å². The average Bonchev–Trinajstić information content (AvgIpc) is 2.82. The van der Waals surface area contributed by atoms with Crippen LogP contribution in [0.25, 0.3) is 0 Å². The summed E-state index contributed by atoms with van der Waals surface area (Å²) in [6, 6.07) is 5.27. The van der Waals surface area contributed by atoms with Gasteiger partial charge in [0.25, 0.3) is 0 Å². The molecule has 0 aromatic heterocycles. The molecule has 0 spiro atoms. The maximum atomic E-state index is 12.3. The molecule has 0 amide bonds. The third-order valence-corrected chi connectivity index (χ3v) is 5.44. The Morgan fingerprint density at radius 2 is 2.26 bits per heavy atom. The lowest BCUT2D eigenvalue weighted by Gasteiger charge is -2.14. The summed E-state index contributed by atoms with van der Waals surface area (Å²) in [7, 11) is -3.41. The zero-order valence-electron chi connectivity index (χ0n) is 11.3. The Balaban J connectivity index is 2.11. The minimum absolute atomic E-state index is 0.0429. The molecule has 19 heavy (non-hydrogen) atoms. The van der Waals surface area contributed by atoms with Gasteiger partial charge in [0.15, 0.2) is 0 Å². The Bertz CT molecular complexity index is 544. The van der Waals surface area contributed by atoms with Gasteiger partial charge in [-0.15, -0.1) is 0 Å². The van der Waals surface area contributed by atoms with E-state index in [1.807, 2.05) is 19.2 Å². The molecule has 0 saturated carbocycles. The van der Waals surface area contributed by atoms with Crippen molar-refractivity contribution in [2.45, 2.75) is 30.7 Å². The highest BCUT2D eigenvalue weighted by Gasteiger charge is 2.20. The lowest BCUT2D eigenvalue weighted by atomic mass is 10.2. The van der Waals surface area contributed by atoms with Crippen molar-refractivity contribution < 1.29 is 8.42 Å². The van der Waals surface area contributed by atoms with Crippen LogP contribution in [0.2, 0.25) is 0 Å². The topological polar surface area (TPSA) is 58.2 Å². The third kappa shape index (κ3) is 3.64. The minimum Gasteiger partial charge on any atom is -0.384 e. The van der Waals surface area contributed by atoms with Gasteiger partial charge in [0, 0.05) is 18.3 Å². The second-order valence-corrected chi connectivity index (χ2v) is 7.50. The molecule has 0 bridgehead atoms.